The number of nitrogens with zero attached hydrogens (tertiary/aromatic N) is 1. The van der Waals surface area contributed by atoms with E-state index >= 15 is 0 Å². The maximum Gasteiger partial charge on any atom is 0.191 e. The molecule has 136 valence electrons. The second-order valence-corrected chi connectivity index (χ2v) is 6.80. The van der Waals surface area contributed by atoms with Gasteiger partial charge in [-0.2, -0.15) is 0 Å². The second kappa shape index (κ2) is 10.4. The predicted octanol–water partition coefficient (Wildman–Crippen LogP) is 3.36. The summed E-state index contributed by atoms with van der Waals surface area (Å²) in [4.78, 5) is 4.90. The summed E-state index contributed by atoms with van der Waals surface area (Å²) in [5, 5.41) is 6.86. The van der Waals surface area contributed by atoms with Crippen molar-refractivity contribution in [3.05, 3.63) is 24.2 Å². The van der Waals surface area contributed by atoms with E-state index in [1.165, 1.54) is 25.7 Å². The van der Waals surface area contributed by atoms with E-state index in [-0.39, 0.29) is 0 Å². The van der Waals surface area contributed by atoms with Gasteiger partial charge in [0.15, 0.2) is 5.96 Å². The molecule has 5 nitrogen and oxygen atoms in total. The van der Waals surface area contributed by atoms with Crippen molar-refractivity contribution in [3.63, 3.8) is 0 Å². The van der Waals surface area contributed by atoms with Crippen LogP contribution in [0.5, 0.6) is 0 Å². The lowest BCUT2D eigenvalue weighted by molar-refractivity contribution is 0.141. The highest BCUT2D eigenvalue weighted by molar-refractivity contribution is 5.79. The van der Waals surface area contributed by atoms with Gasteiger partial charge in [0.1, 0.15) is 5.76 Å². The Balaban J connectivity index is 1.87. The van der Waals surface area contributed by atoms with E-state index in [9.17, 15) is 0 Å². The SMILES string of the molecule is CCCNC(=NCC1(CCOC)CCCC1)NCCc1ccco1. The molecule has 0 spiro atoms. The van der Waals surface area contributed by atoms with Crippen molar-refractivity contribution in [3.8, 4) is 0 Å². The van der Waals surface area contributed by atoms with Crippen molar-refractivity contribution < 1.29 is 9.15 Å². The Bertz CT molecular complexity index is 465. The molecule has 1 aliphatic carbocycles. The van der Waals surface area contributed by atoms with Gasteiger partial charge in [0.25, 0.3) is 0 Å². The van der Waals surface area contributed by atoms with Gasteiger partial charge in [-0.25, -0.2) is 0 Å². The minimum Gasteiger partial charge on any atom is -0.469 e. The Kier molecular flexibility index (Phi) is 8.16. The van der Waals surface area contributed by atoms with Crippen LogP contribution in [0.15, 0.2) is 27.8 Å². The molecule has 0 saturated heterocycles. The monoisotopic (exact) mass is 335 g/mol. The molecule has 1 fully saturated rings. The van der Waals surface area contributed by atoms with E-state index in [0.29, 0.717) is 5.41 Å². The third-order valence-electron chi connectivity index (χ3n) is 4.86. The molecule has 0 aliphatic heterocycles. The fourth-order valence-electron chi connectivity index (χ4n) is 3.35. The van der Waals surface area contributed by atoms with Crippen molar-refractivity contribution in [2.24, 2.45) is 10.4 Å². The molecule has 0 unspecified atom stereocenters. The molecule has 0 radical (unpaired) electrons. The molecule has 5 heteroatoms. The van der Waals surface area contributed by atoms with Crippen molar-refractivity contribution in [1.29, 1.82) is 0 Å². The van der Waals surface area contributed by atoms with Crippen LogP contribution in [0.3, 0.4) is 0 Å². The Labute approximate surface area is 146 Å². The average Bonchev–Trinajstić information content (AvgIpc) is 3.27. The minimum absolute atomic E-state index is 0.331. The zero-order valence-electron chi connectivity index (χ0n) is 15.3. The van der Waals surface area contributed by atoms with E-state index in [4.69, 9.17) is 14.1 Å². The Hall–Kier alpha value is -1.49. The highest BCUT2D eigenvalue weighted by Gasteiger charge is 2.33. The van der Waals surface area contributed by atoms with Crippen LogP contribution in [0, 0.1) is 5.41 Å². The Morgan fingerprint density at radius 1 is 1.29 bits per heavy atom. The zero-order valence-corrected chi connectivity index (χ0v) is 15.3. The molecule has 2 N–H and O–H groups in total. The molecule has 2 rings (SSSR count). The molecular weight excluding hydrogens is 302 g/mol. The van der Waals surface area contributed by atoms with E-state index in [0.717, 1.165) is 57.2 Å². The third kappa shape index (κ3) is 6.19. The van der Waals surface area contributed by atoms with Crippen molar-refractivity contribution in [2.45, 2.75) is 51.9 Å². The summed E-state index contributed by atoms with van der Waals surface area (Å²) >= 11 is 0. The van der Waals surface area contributed by atoms with Crippen LogP contribution in [0.2, 0.25) is 0 Å². The maximum absolute atomic E-state index is 5.38. The quantitative estimate of drug-likeness (QED) is 0.508. The van der Waals surface area contributed by atoms with Gasteiger partial charge in [-0.1, -0.05) is 19.8 Å². The first-order valence-electron chi connectivity index (χ1n) is 9.31. The van der Waals surface area contributed by atoms with E-state index in [1.807, 2.05) is 12.1 Å². The van der Waals surface area contributed by atoms with Crippen LogP contribution in [0.1, 0.15) is 51.2 Å². The summed E-state index contributed by atoms with van der Waals surface area (Å²) in [6.45, 7) is 5.66. The molecule has 1 aromatic heterocycles. The lowest BCUT2D eigenvalue weighted by Gasteiger charge is -2.27. The van der Waals surface area contributed by atoms with Gasteiger partial charge in [-0.05, 0) is 43.2 Å². The van der Waals surface area contributed by atoms with Crippen LogP contribution in [0.4, 0.5) is 0 Å². The molecular formula is C19H33N3O2. The van der Waals surface area contributed by atoms with Crippen molar-refractivity contribution in [2.75, 3.05) is 33.4 Å². The number of nitrogens with one attached hydrogen (secondary N) is 2. The molecule has 0 aromatic carbocycles. The molecule has 0 amide bonds. The first-order chi connectivity index (χ1) is 11.8. The third-order valence-corrected chi connectivity index (χ3v) is 4.86. The van der Waals surface area contributed by atoms with Crippen LogP contribution in [0.25, 0.3) is 0 Å². The number of hydrogen-bond acceptors (Lipinski definition) is 3. The summed E-state index contributed by atoms with van der Waals surface area (Å²) in [5.74, 6) is 1.93. The molecule has 1 aromatic rings. The molecule has 1 aliphatic rings. The van der Waals surface area contributed by atoms with Gasteiger partial charge in [0.05, 0.1) is 6.26 Å². The number of rotatable bonds is 10. The topological polar surface area (TPSA) is 58.8 Å². The number of ether oxygens (including phenoxy) is 1. The largest absolute Gasteiger partial charge is 0.469 e. The normalized spacial score (nSPS) is 17.2. The smallest absolute Gasteiger partial charge is 0.191 e. The van der Waals surface area contributed by atoms with Crippen molar-refractivity contribution >= 4 is 5.96 Å². The first-order valence-corrected chi connectivity index (χ1v) is 9.31. The van der Waals surface area contributed by atoms with Crippen LogP contribution in [-0.2, 0) is 11.2 Å². The standard InChI is InChI=1S/C19H33N3O2/c1-3-12-20-18(21-13-8-17-7-6-14-24-17)22-16-19(11-15-23-2)9-4-5-10-19/h6-7,14H,3-5,8-13,15-16H2,1-2H3,(H2,20,21,22). The van der Waals surface area contributed by atoms with E-state index in [2.05, 4.69) is 17.6 Å². The Morgan fingerprint density at radius 2 is 2.08 bits per heavy atom. The van der Waals surface area contributed by atoms with E-state index < -0.39 is 0 Å². The van der Waals surface area contributed by atoms with E-state index in [1.54, 1.807) is 13.4 Å². The number of methoxy groups -OCH3 is 1. The van der Waals surface area contributed by atoms with Gasteiger partial charge in [-0.15, -0.1) is 0 Å². The molecule has 0 atom stereocenters. The molecule has 0 bridgehead atoms. The predicted molar refractivity (Wildman–Crippen MR) is 98.4 cm³/mol. The fourth-order valence-corrected chi connectivity index (χ4v) is 3.35. The fraction of sp³-hybridized carbons (Fsp3) is 0.737. The highest BCUT2D eigenvalue weighted by Crippen LogP contribution is 2.41. The summed E-state index contributed by atoms with van der Waals surface area (Å²) in [6, 6.07) is 3.94. The molecule has 24 heavy (non-hydrogen) atoms. The molecule has 1 heterocycles. The van der Waals surface area contributed by atoms with Gasteiger partial charge >= 0.3 is 0 Å². The minimum atomic E-state index is 0.331. The van der Waals surface area contributed by atoms with Crippen molar-refractivity contribution in [1.82, 2.24) is 10.6 Å². The van der Waals surface area contributed by atoms with Gasteiger partial charge < -0.3 is 19.8 Å². The number of guanidine groups is 1. The summed E-state index contributed by atoms with van der Waals surface area (Å²) in [6.07, 6.45) is 9.98. The van der Waals surface area contributed by atoms with Crippen LogP contribution >= 0.6 is 0 Å². The lowest BCUT2D eigenvalue weighted by Crippen LogP contribution is -2.39. The maximum atomic E-state index is 5.38. The van der Waals surface area contributed by atoms with Crippen LogP contribution in [-0.4, -0.2) is 39.3 Å². The van der Waals surface area contributed by atoms with Gasteiger partial charge in [0, 0.05) is 39.8 Å². The average molecular weight is 335 g/mol. The number of aliphatic imine (C=N–C) groups is 1. The number of hydrogen-bond donors (Lipinski definition) is 2. The van der Waals surface area contributed by atoms with Gasteiger partial charge in [-0.3, -0.25) is 4.99 Å². The zero-order chi connectivity index (χ0) is 17.1. The Morgan fingerprint density at radius 3 is 2.75 bits per heavy atom. The summed E-state index contributed by atoms with van der Waals surface area (Å²) in [5.41, 5.74) is 0.331. The summed E-state index contributed by atoms with van der Waals surface area (Å²) in [7, 11) is 1.79. The van der Waals surface area contributed by atoms with Crippen LogP contribution < -0.4 is 10.6 Å². The first kappa shape index (κ1) is 18.8. The second-order valence-electron chi connectivity index (χ2n) is 6.80. The highest BCUT2D eigenvalue weighted by atomic mass is 16.5. The lowest BCUT2D eigenvalue weighted by atomic mass is 9.83. The molecule has 1 saturated carbocycles. The number of furan rings is 1. The van der Waals surface area contributed by atoms with Gasteiger partial charge in [0.2, 0.25) is 0 Å². The summed E-state index contributed by atoms with van der Waals surface area (Å²) < 4.78 is 10.7.